The van der Waals surface area contributed by atoms with Crippen molar-refractivity contribution in [1.82, 2.24) is 9.97 Å². The zero-order valence-corrected chi connectivity index (χ0v) is 38.9. The molecule has 0 N–H and O–H groups in total. The van der Waals surface area contributed by atoms with E-state index in [2.05, 4.69) is 186 Å². The molecule has 5 heterocycles. The molecule has 0 saturated carbocycles. The fourth-order valence-corrected chi connectivity index (χ4v) is 11.3. The van der Waals surface area contributed by atoms with E-state index in [0.717, 1.165) is 63.0 Å². The molecule has 3 aromatic heterocycles. The van der Waals surface area contributed by atoms with E-state index >= 15 is 0 Å². The Kier molecular flexibility index (Phi) is 8.24. The molecule has 7 aromatic rings. The van der Waals surface area contributed by atoms with Gasteiger partial charge in [0.15, 0.2) is 0 Å². The van der Waals surface area contributed by atoms with Crippen LogP contribution in [0.1, 0.15) is 136 Å². The van der Waals surface area contributed by atoms with Gasteiger partial charge in [-0.15, -0.1) is 11.3 Å². The lowest BCUT2D eigenvalue weighted by molar-refractivity contribution is 0.332. The van der Waals surface area contributed by atoms with Crippen LogP contribution in [0.3, 0.4) is 0 Å². The van der Waals surface area contributed by atoms with Gasteiger partial charge >= 0.3 is 6.71 Å². The number of nitrogens with zero attached hydrogens (tertiary/aromatic N) is 4. The third kappa shape index (κ3) is 5.85. The second-order valence-electron chi connectivity index (χ2n) is 22.3. The Morgan fingerprint density at radius 3 is 1.75 bits per heavy atom. The standard InChI is InChI=1S/C53H59BN4OS/c1-30-55-47-42-48(56-30)58(35-21-22-38-39(29-35)53(13,14)26-25-52(38,11)12)43-36-27-32(50(5,6)7)17-23-40(36)59-45(43)54(42)46-44(37-28-33(51(8,9)10)18-24-41(37)60-46)57(47)34-19-15-31(16-20-34)49(2,3)4/h15-24,27-29H,25-26H2,1-14H3. The van der Waals surface area contributed by atoms with Crippen molar-refractivity contribution >= 4 is 89.4 Å². The van der Waals surface area contributed by atoms with E-state index in [1.54, 1.807) is 0 Å². The number of fused-ring (bicyclic) bond motifs is 9. The maximum Gasteiger partial charge on any atom is 0.313 e. The van der Waals surface area contributed by atoms with E-state index in [0.29, 0.717) is 0 Å². The van der Waals surface area contributed by atoms with Crippen LogP contribution in [0.2, 0.25) is 0 Å². The summed E-state index contributed by atoms with van der Waals surface area (Å²) in [6.07, 6.45) is 2.31. The van der Waals surface area contributed by atoms with Crippen LogP contribution in [0.4, 0.5) is 34.4 Å². The number of hydrogen-bond donors (Lipinski definition) is 0. The van der Waals surface area contributed by atoms with Crippen LogP contribution in [-0.2, 0) is 27.1 Å². The predicted molar refractivity (Wildman–Crippen MR) is 257 cm³/mol. The molecule has 60 heavy (non-hydrogen) atoms. The van der Waals surface area contributed by atoms with Crippen molar-refractivity contribution in [1.29, 1.82) is 0 Å². The van der Waals surface area contributed by atoms with Crippen LogP contribution in [0.5, 0.6) is 0 Å². The maximum atomic E-state index is 7.29. The van der Waals surface area contributed by atoms with Crippen LogP contribution in [0.25, 0.3) is 21.1 Å². The average molecular weight is 811 g/mol. The minimum absolute atomic E-state index is 0.0125. The molecule has 306 valence electrons. The van der Waals surface area contributed by atoms with Gasteiger partial charge in [0, 0.05) is 37.1 Å². The highest BCUT2D eigenvalue weighted by atomic mass is 32.1. The first-order valence-electron chi connectivity index (χ1n) is 21.9. The fraction of sp³-hybridized carbons (Fsp3) is 0.396. The van der Waals surface area contributed by atoms with Gasteiger partial charge in [0.1, 0.15) is 28.7 Å². The Hall–Kier alpha value is -4.88. The van der Waals surface area contributed by atoms with Gasteiger partial charge in [-0.05, 0) is 123 Å². The first kappa shape index (κ1) is 39.3. The van der Waals surface area contributed by atoms with E-state index in [9.17, 15) is 0 Å². The molecule has 0 radical (unpaired) electrons. The second kappa shape index (κ2) is 12.6. The lowest BCUT2D eigenvalue weighted by Crippen LogP contribution is -2.60. The zero-order chi connectivity index (χ0) is 42.6. The Balaban J connectivity index is 1.33. The molecule has 7 heteroatoms. The molecule has 0 amide bonds. The van der Waals surface area contributed by atoms with Gasteiger partial charge in [0.25, 0.3) is 0 Å². The highest BCUT2D eigenvalue weighted by Gasteiger charge is 2.50. The van der Waals surface area contributed by atoms with Crippen molar-refractivity contribution in [2.24, 2.45) is 0 Å². The molecule has 2 aliphatic heterocycles. The number of aromatic nitrogens is 2. The summed E-state index contributed by atoms with van der Waals surface area (Å²) in [5, 5.41) is 2.37. The summed E-state index contributed by atoms with van der Waals surface area (Å²) < 4.78 is 9.82. The lowest BCUT2D eigenvalue weighted by atomic mass is 9.39. The highest BCUT2D eigenvalue weighted by molar-refractivity contribution is 7.33. The molecule has 0 unspecified atom stereocenters. The van der Waals surface area contributed by atoms with Crippen LogP contribution in [0, 0.1) is 6.92 Å². The van der Waals surface area contributed by atoms with Crippen LogP contribution >= 0.6 is 11.3 Å². The first-order valence-corrected chi connectivity index (χ1v) is 22.7. The van der Waals surface area contributed by atoms with E-state index in [1.165, 1.54) is 54.8 Å². The largest absolute Gasteiger partial charge is 0.468 e. The molecule has 10 rings (SSSR count). The molecular weight excluding hydrogens is 751 g/mol. The van der Waals surface area contributed by atoms with Gasteiger partial charge in [-0.1, -0.05) is 120 Å². The number of anilines is 6. The summed E-state index contributed by atoms with van der Waals surface area (Å²) in [6.45, 7) is 32.1. The number of hydrogen-bond acceptors (Lipinski definition) is 6. The van der Waals surface area contributed by atoms with Gasteiger partial charge in [-0.2, -0.15) is 0 Å². The SMILES string of the molecule is Cc1nc2c3c(n1)N(c1ccc(C(C)(C)C)cc1)c1c(sc4ccc(C(C)(C)C)cc14)B3c1oc3ccc(C(C)(C)C)cc3c1N2c1ccc2c(c1)C(C)(C)CCC2(C)C. The Morgan fingerprint density at radius 2 is 1.13 bits per heavy atom. The third-order valence-corrected chi connectivity index (χ3v) is 15.1. The second-order valence-corrected chi connectivity index (χ2v) is 23.4. The normalized spacial score (nSPS) is 16.9. The number of rotatable bonds is 2. The Bertz CT molecular complexity index is 2910. The zero-order valence-electron chi connectivity index (χ0n) is 38.1. The van der Waals surface area contributed by atoms with Gasteiger partial charge in [-0.3, -0.25) is 9.80 Å². The lowest BCUT2D eigenvalue weighted by Gasteiger charge is -2.43. The molecule has 0 spiro atoms. The summed E-state index contributed by atoms with van der Waals surface area (Å²) in [5.41, 5.74) is 14.3. The third-order valence-electron chi connectivity index (χ3n) is 13.9. The highest BCUT2D eigenvalue weighted by Crippen LogP contribution is 2.52. The molecule has 1 aliphatic carbocycles. The number of furan rings is 1. The van der Waals surface area contributed by atoms with E-state index in [4.69, 9.17) is 14.4 Å². The Labute approximate surface area is 361 Å². The van der Waals surface area contributed by atoms with Crippen molar-refractivity contribution in [2.75, 3.05) is 9.80 Å². The van der Waals surface area contributed by atoms with Gasteiger partial charge in [0.2, 0.25) is 0 Å². The van der Waals surface area contributed by atoms with E-state index in [-0.39, 0.29) is 33.8 Å². The number of benzene rings is 4. The van der Waals surface area contributed by atoms with Crippen molar-refractivity contribution in [2.45, 2.75) is 137 Å². The van der Waals surface area contributed by atoms with E-state index in [1.807, 2.05) is 11.3 Å². The molecule has 4 aromatic carbocycles. The van der Waals surface area contributed by atoms with Gasteiger partial charge < -0.3 is 4.42 Å². The average Bonchev–Trinajstić information content (AvgIpc) is 3.74. The van der Waals surface area contributed by atoms with Crippen LogP contribution < -0.4 is 25.7 Å². The fourth-order valence-electron chi connectivity index (χ4n) is 10.1. The monoisotopic (exact) mass is 810 g/mol. The molecule has 3 aliphatic rings. The van der Waals surface area contributed by atoms with Crippen LogP contribution in [-0.4, -0.2) is 16.7 Å². The molecule has 0 bridgehead atoms. The molecule has 0 atom stereocenters. The summed E-state index contributed by atoms with van der Waals surface area (Å²) in [6, 6.07) is 30.3. The topological polar surface area (TPSA) is 45.4 Å². The van der Waals surface area contributed by atoms with Crippen molar-refractivity contribution in [3.63, 3.8) is 0 Å². The number of aryl methyl sites for hydroxylation is 1. The van der Waals surface area contributed by atoms with Crippen molar-refractivity contribution in [3.05, 3.63) is 113 Å². The van der Waals surface area contributed by atoms with E-state index < -0.39 is 0 Å². The summed E-state index contributed by atoms with van der Waals surface area (Å²) in [4.78, 5) is 15.8. The predicted octanol–water partition coefficient (Wildman–Crippen LogP) is 13.1. The van der Waals surface area contributed by atoms with Crippen molar-refractivity contribution in [3.8, 4) is 0 Å². The summed E-state index contributed by atoms with van der Waals surface area (Å²) in [7, 11) is 0. The minimum Gasteiger partial charge on any atom is -0.468 e. The maximum absolute atomic E-state index is 7.29. The summed E-state index contributed by atoms with van der Waals surface area (Å²) in [5.74, 6) is 2.60. The minimum atomic E-state index is -0.198. The first-order chi connectivity index (χ1) is 28.0. The smallest absolute Gasteiger partial charge is 0.313 e. The molecule has 0 saturated heterocycles. The van der Waals surface area contributed by atoms with Gasteiger partial charge in [-0.25, -0.2) is 9.97 Å². The van der Waals surface area contributed by atoms with Gasteiger partial charge in [0.05, 0.1) is 11.4 Å². The van der Waals surface area contributed by atoms with Crippen molar-refractivity contribution < 1.29 is 4.42 Å². The quantitative estimate of drug-likeness (QED) is 0.163. The summed E-state index contributed by atoms with van der Waals surface area (Å²) >= 11 is 1.89. The van der Waals surface area contributed by atoms with Crippen LogP contribution in [0.15, 0.2) is 83.3 Å². The molecule has 5 nitrogen and oxygen atoms in total. The molecular formula is C53H59BN4OS. The Morgan fingerprint density at radius 1 is 0.600 bits per heavy atom. The molecule has 0 fully saturated rings. The number of thiophene rings is 1.